The molecule has 2 N–H and O–H groups in total. The van der Waals surface area contributed by atoms with Gasteiger partial charge in [0.2, 0.25) is 11.8 Å². The third kappa shape index (κ3) is 3.96. The summed E-state index contributed by atoms with van der Waals surface area (Å²) in [6.07, 6.45) is 5.75. The molecule has 1 aliphatic rings. The normalized spacial score (nSPS) is 17.2. The number of nitrogens with one attached hydrogen (secondary N) is 1. The van der Waals surface area contributed by atoms with Gasteiger partial charge >= 0.3 is 0 Å². The van der Waals surface area contributed by atoms with Crippen LogP contribution in [0.25, 0.3) is 22.7 Å². The van der Waals surface area contributed by atoms with Gasteiger partial charge in [0.1, 0.15) is 17.7 Å². The van der Waals surface area contributed by atoms with Gasteiger partial charge in [0.05, 0.1) is 12.4 Å². The van der Waals surface area contributed by atoms with E-state index < -0.39 is 0 Å². The number of hydrogen-bond donors (Lipinski definition) is 2. The molecule has 0 bridgehead atoms. The first-order chi connectivity index (χ1) is 13.4. The highest BCUT2D eigenvalue weighted by Crippen LogP contribution is 2.31. The van der Waals surface area contributed by atoms with Gasteiger partial charge in [-0.1, -0.05) is 0 Å². The Morgan fingerprint density at radius 1 is 1.21 bits per heavy atom. The van der Waals surface area contributed by atoms with Crippen LogP contribution in [0.4, 0.5) is 5.95 Å². The van der Waals surface area contributed by atoms with Crippen LogP contribution in [0.2, 0.25) is 0 Å². The molecule has 0 aliphatic carbocycles. The molecule has 28 heavy (non-hydrogen) atoms. The van der Waals surface area contributed by atoms with Crippen molar-refractivity contribution < 1.29 is 9.52 Å². The molecule has 8 nitrogen and oxygen atoms in total. The van der Waals surface area contributed by atoms with Gasteiger partial charge < -0.3 is 19.7 Å². The van der Waals surface area contributed by atoms with Gasteiger partial charge in [-0.15, -0.1) is 10.2 Å². The second-order valence-electron chi connectivity index (χ2n) is 8.04. The second-order valence-corrected chi connectivity index (χ2v) is 8.04. The van der Waals surface area contributed by atoms with Crippen molar-refractivity contribution in [3.8, 4) is 28.5 Å². The molecule has 8 heteroatoms. The molecule has 3 aromatic rings. The van der Waals surface area contributed by atoms with Crippen LogP contribution in [0, 0.1) is 0 Å². The Bertz CT molecular complexity index is 934. The van der Waals surface area contributed by atoms with Gasteiger partial charge in [0, 0.05) is 35.8 Å². The van der Waals surface area contributed by atoms with Crippen LogP contribution >= 0.6 is 0 Å². The number of phenolic OH excluding ortho intramolecular Hbond substituents is 1. The minimum Gasteiger partial charge on any atom is -0.507 e. The zero-order valence-corrected chi connectivity index (χ0v) is 16.3. The molecule has 0 saturated carbocycles. The number of aromatic hydroxyl groups is 1. The Labute approximate surface area is 163 Å². The summed E-state index contributed by atoms with van der Waals surface area (Å²) in [6, 6.07) is 5.59. The predicted octanol–water partition coefficient (Wildman–Crippen LogP) is 2.87. The minimum atomic E-state index is 0.0789. The van der Waals surface area contributed by atoms with Crippen molar-refractivity contribution in [1.82, 2.24) is 25.5 Å². The van der Waals surface area contributed by atoms with E-state index in [0.717, 1.165) is 19.5 Å². The van der Waals surface area contributed by atoms with Crippen molar-refractivity contribution in [3.63, 3.8) is 0 Å². The third-order valence-electron chi connectivity index (χ3n) is 4.61. The highest BCUT2D eigenvalue weighted by molar-refractivity contribution is 5.71. The molecule has 1 unspecified atom stereocenters. The average Bonchev–Trinajstić information content (AvgIpc) is 3.32. The topological polar surface area (TPSA) is 100 Å². The molecule has 3 heterocycles. The maximum Gasteiger partial charge on any atom is 0.245 e. The molecule has 1 aliphatic heterocycles. The summed E-state index contributed by atoms with van der Waals surface area (Å²) in [4.78, 5) is 10.7. The number of benzene rings is 1. The SMILES string of the molecule is CC(C)(C)NC1CCN(c2ncc(-c3ccc(-c4ncco4)cc3O)nn2)C1. The number of rotatable bonds is 4. The summed E-state index contributed by atoms with van der Waals surface area (Å²) in [5.41, 5.74) is 1.86. The van der Waals surface area contributed by atoms with Gasteiger partial charge in [0.15, 0.2) is 0 Å². The van der Waals surface area contributed by atoms with Gasteiger partial charge in [-0.25, -0.2) is 9.97 Å². The smallest absolute Gasteiger partial charge is 0.245 e. The number of nitrogens with zero attached hydrogens (tertiary/aromatic N) is 5. The van der Waals surface area contributed by atoms with Crippen LogP contribution in [0.1, 0.15) is 27.2 Å². The Hall–Kier alpha value is -3.00. The molecule has 1 saturated heterocycles. The fraction of sp³-hybridized carbons (Fsp3) is 0.400. The average molecular weight is 380 g/mol. The summed E-state index contributed by atoms with van der Waals surface area (Å²) < 4.78 is 5.26. The van der Waals surface area contributed by atoms with E-state index in [2.05, 4.69) is 51.2 Å². The fourth-order valence-corrected chi connectivity index (χ4v) is 3.46. The van der Waals surface area contributed by atoms with Gasteiger partial charge in [-0.2, -0.15) is 0 Å². The Kier molecular flexibility index (Phi) is 4.72. The summed E-state index contributed by atoms with van der Waals surface area (Å²) in [6.45, 7) is 8.26. The fourth-order valence-electron chi connectivity index (χ4n) is 3.46. The molecule has 146 valence electrons. The molecule has 2 aromatic heterocycles. The molecular weight excluding hydrogens is 356 g/mol. The van der Waals surface area contributed by atoms with Crippen LogP contribution in [0.15, 0.2) is 41.3 Å². The van der Waals surface area contributed by atoms with Crippen molar-refractivity contribution in [1.29, 1.82) is 0 Å². The quantitative estimate of drug-likeness (QED) is 0.713. The van der Waals surface area contributed by atoms with E-state index in [4.69, 9.17) is 4.42 Å². The van der Waals surface area contributed by atoms with Crippen LogP contribution < -0.4 is 10.2 Å². The number of anilines is 1. The van der Waals surface area contributed by atoms with Crippen LogP contribution in [0.5, 0.6) is 5.75 Å². The second kappa shape index (κ2) is 7.20. The zero-order valence-electron chi connectivity index (χ0n) is 16.3. The maximum absolute atomic E-state index is 10.4. The standard InChI is InChI=1S/C20H24N6O2/c1-20(2,3)23-14-6-8-26(12-14)19-22-11-16(24-25-19)15-5-4-13(10-17(15)27)18-21-7-9-28-18/h4-5,7,9-11,14,23,27H,6,8,12H2,1-3H3. The number of oxazole rings is 1. The third-order valence-corrected chi connectivity index (χ3v) is 4.61. The van der Waals surface area contributed by atoms with Crippen molar-refractivity contribution in [2.45, 2.75) is 38.8 Å². The van der Waals surface area contributed by atoms with Crippen molar-refractivity contribution >= 4 is 5.95 Å². The number of phenols is 1. The summed E-state index contributed by atoms with van der Waals surface area (Å²) in [5.74, 6) is 1.14. The molecule has 1 fully saturated rings. The highest BCUT2D eigenvalue weighted by atomic mass is 16.3. The minimum absolute atomic E-state index is 0.0789. The zero-order chi connectivity index (χ0) is 19.7. The molecule has 0 amide bonds. The van der Waals surface area contributed by atoms with Crippen molar-refractivity contribution in [2.75, 3.05) is 18.0 Å². The van der Waals surface area contributed by atoms with Crippen molar-refractivity contribution in [3.05, 3.63) is 36.9 Å². The number of hydrogen-bond acceptors (Lipinski definition) is 8. The highest BCUT2D eigenvalue weighted by Gasteiger charge is 2.27. The van der Waals surface area contributed by atoms with E-state index in [1.807, 2.05) is 6.07 Å². The molecular formula is C20H24N6O2. The van der Waals surface area contributed by atoms with E-state index in [-0.39, 0.29) is 11.3 Å². The molecule has 0 spiro atoms. The Balaban J connectivity index is 1.48. The van der Waals surface area contributed by atoms with Crippen LogP contribution in [-0.2, 0) is 0 Å². The van der Waals surface area contributed by atoms with Crippen LogP contribution in [0.3, 0.4) is 0 Å². The molecule has 4 rings (SSSR count). The van der Waals surface area contributed by atoms with Gasteiger partial charge in [-0.05, 0) is 45.4 Å². The molecule has 1 aromatic carbocycles. The van der Waals surface area contributed by atoms with Gasteiger partial charge in [-0.3, -0.25) is 0 Å². The molecule has 1 atom stereocenters. The summed E-state index contributed by atoms with van der Waals surface area (Å²) in [7, 11) is 0. The van der Waals surface area contributed by atoms with Crippen LogP contribution in [-0.4, -0.2) is 49.9 Å². The lowest BCUT2D eigenvalue weighted by Crippen LogP contribution is -2.45. The van der Waals surface area contributed by atoms with E-state index >= 15 is 0 Å². The maximum atomic E-state index is 10.4. The lowest BCUT2D eigenvalue weighted by molar-refractivity contribution is 0.373. The van der Waals surface area contributed by atoms with Crippen molar-refractivity contribution in [2.24, 2.45) is 0 Å². The Morgan fingerprint density at radius 3 is 2.71 bits per heavy atom. The lowest BCUT2D eigenvalue weighted by atomic mass is 10.1. The first-order valence-corrected chi connectivity index (χ1v) is 9.35. The lowest BCUT2D eigenvalue weighted by Gasteiger charge is -2.25. The monoisotopic (exact) mass is 380 g/mol. The van der Waals surface area contributed by atoms with E-state index in [0.29, 0.717) is 34.7 Å². The summed E-state index contributed by atoms with van der Waals surface area (Å²) in [5, 5.41) is 22.5. The first-order valence-electron chi connectivity index (χ1n) is 9.35. The van der Waals surface area contributed by atoms with E-state index in [9.17, 15) is 5.11 Å². The Morgan fingerprint density at radius 2 is 2.07 bits per heavy atom. The van der Waals surface area contributed by atoms with E-state index in [1.165, 1.54) is 6.26 Å². The number of aromatic nitrogens is 4. The predicted molar refractivity (Wildman–Crippen MR) is 106 cm³/mol. The largest absolute Gasteiger partial charge is 0.507 e. The van der Waals surface area contributed by atoms with E-state index in [1.54, 1.807) is 24.5 Å². The van der Waals surface area contributed by atoms with Gasteiger partial charge in [0.25, 0.3) is 0 Å². The summed E-state index contributed by atoms with van der Waals surface area (Å²) >= 11 is 0. The molecule has 0 radical (unpaired) electrons. The first kappa shape index (κ1) is 18.4.